The van der Waals surface area contributed by atoms with E-state index in [0.717, 1.165) is 38.9 Å². The lowest BCUT2D eigenvalue weighted by atomic mass is 9.80. The Kier molecular flexibility index (Phi) is 6.14. The molecule has 2 aliphatic heterocycles. The second-order valence-electron chi connectivity index (χ2n) is 10.7. The third kappa shape index (κ3) is 3.96. The molecule has 0 unspecified atom stereocenters. The van der Waals surface area contributed by atoms with Crippen LogP contribution >= 0.6 is 0 Å². The summed E-state index contributed by atoms with van der Waals surface area (Å²) in [4.78, 5) is 0. The van der Waals surface area contributed by atoms with Crippen molar-refractivity contribution in [2.45, 2.75) is 58.5 Å². The Morgan fingerprint density at radius 3 is 1.38 bits per heavy atom. The van der Waals surface area contributed by atoms with Crippen molar-refractivity contribution >= 4 is 0 Å². The average molecular weight is 521 g/mol. The van der Waals surface area contributed by atoms with Crippen LogP contribution in [0.25, 0.3) is 33.4 Å². The molecular formula is C34H32O5. The van der Waals surface area contributed by atoms with Gasteiger partial charge in [-0.15, -0.1) is 0 Å². The number of rotatable bonds is 6. The van der Waals surface area contributed by atoms with Crippen LogP contribution in [0.5, 0.6) is 0 Å². The summed E-state index contributed by atoms with van der Waals surface area (Å²) in [6.45, 7) is 3.74. The largest absolute Gasteiger partial charge is 0.392 e. The minimum absolute atomic E-state index is 0.0878. The molecule has 0 aromatic heterocycles. The van der Waals surface area contributed by atoms with Gasteiger partial charge >= 0.3 is 0 Å². The number of aliphatic hydroxyl groups excluding tert-OH is 1. The molecule has 0 radical (unpaired) electrons. The quantitative estimate of drug-likeness (QED) is 0.307. The Morgan fingerprint density at radius 1 is 0.590 bits per heavy atom. The van der Waals surface area contributed by atoms with E-state index in [2.05, 4.69) is 72.8 Å². The van der Waals surface area contributed by atoms with Gasteiger partial charge < -0.3 is 24.1 Å². The molecule has 1 N–H and O–H groups in total. The van der Waals surface area contributed by atoms with E-state index < -0.39 is 18.0 Å². The summed E-state index contributed by atoms with van der Waals surface area (Å²) in [6, 6.07) is 31.3. The van der Waals surface area contributed by atoms with E-state index in [1.807, 2.05) is 32.0 Å². The van der Waals surface area contributed by atoms with E-state index in [4.69, 9.17) is 18.9 Å². The number of hydrogen-bond acceptors (Lipinski definition) is 5. The number of hydrogen-bond donors (Lipinski definition) is 1. The molecule has 2 heterocycles. The fourth-order valence-corrected chi connectivity index (χ4v) is 6.68. The smallest absolute Gasteiger partial charge is 0.174 e. The zero-order chi connectivity index (χ0) is 26.6. The van der Waals surface area contributed by atoms with Crippen LogP contribution in [-0.2, 0) is 38.4 Å². The van der Waals surface area contributed by atoms with Gasteiger partial charge in [0.05, 0.1) is 12.0 Å². The summed E-state index contributed by atoms with van der Waals surface area (Å²) in [6.07, 6.45) is -0.0771. The lowest BCUT2D eigenvalue weighted by molar-refractivity contribution is -0.479. The van der Waals surface area contributed by atoms with Gasteiger partial charge in [-0.1, -0.05) is 91.0 Å². The van der Waals surface area contributed by atoms with Crippen LogP contribution < -0.4 is 0 Å². The molecule has 0 atom stereocenters. The molecule has 39 heavy (non-hydrogen) atoms. The predicted octanol–water partition coefficient (Wildman–Crippen LogP) is 6.70. The van der Waals surface area contributed by atoms with Gasteiger partial charge in [0.15, 0.2) is 25.2 Å². The van der Waals surface area contributed by atoms with Crippen LogP contribution in [-0.4, -0.2) is 30.3 Å². The SMILES string of the molecule is CC1OC(C2(C3OC(C)O3)Cc3c(c(-c4ccccc4)c(-c4ccccc4)c(CO)c3-c3ccccc3)C2)O1. The van der Waals surface area contributed by atoms with Gasteiger partial charge in [-0.25, -0.2) is 0 Å². The first kappa shape index (κ1) is 24.7. The van der Waals surface area contributed by atoms with Gasteiger partial charge in [0.1, 0.15) is 0 Å². The van der Waals surface area contributed by atoms with Crippen molar-refractivity contribution in [2.75, 3.05) is 0 Å². The van der Waals surface area contributed by atoms with Gasteiger partial charge in [0, 0.05) is 0 Å². The van der Waals surface area contributed by atoms with E-state index in [9.17, 15) is 5.11 Å². The Balaban J connectivity index is 1.55. The molecule has 0 saturated carbocycles. The number of benzene rings is 4. The average Bonchev–Trinajstić information content (AvgIpc) is 3.34. The Bertz CT molecular complexity index is 1460. The van der Waals surface area contributed by atoms with Gasteiger partial charge in [0.25, 0.3) is 0 Å². The molecular weight excluding hydrogens is 488 g/mol. The van der Waals surface area contributed by atoms with Crippen LogP contribution in [0.15, 0.2) is 91.0 Å². The van der Waals surface area contributed by atoms with E-state index in [0.29, 0.717) is 12.8 Å². The van der Waals surface area contributed by atoms with Crippen LogP contribution in [0, 0.1) is 5.41 Å². The maximum atomic E-state index is 11.1. The zero-order valence-corrected chi connectivity index (χ0v) is 22.2. The Labute approximate surface area is 228 Å². The second kappa shape index (κ2) is 9.70. The standard InChI is InChI=1S/C34H32O5/c1-21-36-32(37-21)34(33-38-22(2)39-33)18-26-27(19-34)30(24-14-8-4-9-15-24)31(25-16-10-5-11-17-25)28(20-35)29(26)23-12-6-3-7-13-23/h3-17,21-22,32-33,35H,18-20H2,1-2H3. The molecule has 4 aromatic carbocycles. The van der Waals surface area contributed by atoms with Gasteiger partial charge in [-0.05, 0) is 76.8 Å². The highest BCUT2D eigenvalue weighted by atomic mass is 16.9. The predicted molar refractivity (Wildman–Crippen MR) is 149 cm³/mol. The van der Waals surface area contributed by atoms with Crippen molar-refractivity contribution in [2.24, 2.45) is 5.41 Å². The minimum atomic E-state index is -0.545. The maximum Gasteiger partial charge on any atom is 0.174 e. The maximum absolute atomic E-state index is 11.1. The topological polar surface area (TPSA) is 57.2 Å². The molecule has 0 spiro atoms. The van der Waals surface area contributed by atoms with Crippen LogP contribution in [0.3, 0.4) is 0 Å². The Hall–Kier alpha value is -3.32. The van der Waals surface area contributed by atoms with Crippen LogP contribution in [0.1, 0.15) is 30.5 Å². The van der Waals surface area contributed by atoms with Crippen molar-refractivity contribution < 1.29 is 24.1 Å². The normalized spacial score (nSPS) is 27.5. The monoisotopic (exact) mass is 520 g/mol. The zero-order valence-electron chi connectivity index (χ0n) is 22.2. The van der Waals surface area contributed by atoms with E-state index in [1.165, 1.54) is 11.1 Å². The summed E-state index contributed by atoms with van der Waals surface area (Å²) >= 11 is 0. The van der Waals surface area contributed by atoms with E-state index in [1.54, 1.807) is 0 Å². The van der Waals surface area contributed by atoms with Crippen molar-refractivity contribution in [1.29, 1.82) is 0 Å². The first-order valence-electron chi connectivity index (χ1n) is 13.7. The van der Waals surface area contributed by atoms with E-state index in [-0.39, 0.29) is 19.2 Å². The highest BCUT2D eigenvalue weighted by Gasteiger charge is 2.60. The molecule has 198 valence electrons. The molecule has 5 nitrogen and oxygen atoms in total. The second-order valence-corrected chi connectivity index (χ2v) is 10.7. The molecule has 1 aliphatic carbocycles. The molecule has 4 aromatic rings. The molecule has 2 fully saturated rings. The van der Waals surface area contributed by atoms with Crippen molar-refractivity contribution in [3.63, 3.8) is 0 Å². The Morgan fingerprint density at radius 2 is 0.974 bits per heavy atom. The van der Waals surface area contributed by atoms with Crippen molar-refractivity contribution in [3.8, 4) is 33.4 Å². The third-order valence-electron chi connectivity index (χ3n) is 8.38. The van der Waals surface area contributed by atoms with Gasteiger partial charge in [-0.2, -0.15) is 0 Å². The summed E-state index contributed by atoms with van der Waals surface area (Å²) in [7, 11) is 0. The number of fused-ring (bicyclic) bond motifs is 1. The molecule has 0 amide bonds. The first-order chi connectivity index (χ1) is 19.1. The summed E-state index contributed by atoms with van der Waals surface area (Å²) < 4.78 is 24.7. The van der Waals surface area contributed by atoms with Crippen LogP contribution in [0.2, 0.25) is 0 Å². The first-order valence-corrected chi connectivity index (χ1v) is 13.7. The lowest BCUT2D eigenvalue weighted by Crippen LogP contribution is -2.62. The third-order valence-corrected chi connectivity index (χ3v) is 8.38. The van der Waals surface area contributed by atoms with Crippen molar-refractivity contribution in [1.82, 2.24) is 0 Å². The number of aliphatic hydroxyl groups is 1. The number of ether oxygens (including phenoxy) is 4. The lowest BCUT2D eigenvalue weighted by Gasteiger charge is -2.52. The molecule has 5 heteroatoms. The van der Waals surface area contributed by atoms with E-state index >= 15 is 0 Å². The fourth-order valence-electron chi connectivity index (χ4n) is 6.68. The van der Waals surface area contributed by atoms with Crippen molar-refractivity contribution in [3.05, 3.63) is 108 Å². The van der Waals surface area contributed by atoms with Gasteiger partial charge in [-0.3, -0.25) is 0 Å². The fraction of sp³-hybridized carbons (Fsp3) is 0.294. The summed E-state index contributed by atoms with van der Waals surface area (Å²) in [5, 5.41) is 11.1. The minimum Gasteiger partial charge on any atom is -0.392 e. The van der Waals surface area contributed by atoms with Gasteiger partial charge in [0.2, 0.25) is 0 Å². The molecule has 7 rings (SSSR count). The highest BCUT2D eigenvalue weighted by molar-refractivity contribution is 5.95. The molecule has 3 aliphatic rings. The molecule has 0 bridgehead atoms. The molecule has 2 saturated heterocycles. The summed E-state index contributed by atoms with van der Waals surface area (Å²) in [5.74, 6) is 0. The highest BCUT2D eigenvalue weighted by Crippen LogP contribution is 2.57. The summed E-state index contributed by atoms with van der Waals surface area (Å²) in [5.41, 5.74) is 9.36. The van der Waals surface area contributed by atoms with Crippen LogP contribution in [0.4, 0.5) is 0 Å².